The molecule has 0 aromatic rings. The molecule has 0 atom stereocenters. The summed E-state index contributed by atoms with van der Waals surface area (Å²) in [5, 5.41) is 0. The Bertz CT molecular complexity index is 82.9. The van der Waals surface area contributed by atoms with E-state index in [0.29, 0.717) is 0 Å². The summed E-state index contributed by atoms with van der Waals surface area (Å²) < 4.78 is 10.4. The summed E-state index contributed by atoms with van der Waals surface area (Å²) in [5.41, 5.74) is 0. The maximum absolute atomic E-state index is 5.21. The van der Waals surface area contributed by atoms with Crippen molar-refractivity contribution in [1.82, 2.24) is 0 Å². The number of rotatable bonds is 1. The summed E-state index contributed by atoms with van der Waals surface area (Å²) in [5.74, 6) is 0. The van der Waals surface area contributed by atoms with Gasteiger partial charge in [-0.15, -0.1) is 0 Å². The molecule has 1 fully saturated rings. The molecule has 0 saturated carbocycles. The van der Waals surface area contributed by atoms with Gasteiger partial charge in [-0.3, -0.25) is 0 Å². The second kappa shape index (κ2) is 3.64. The van der Waals surface area contributed by atoms with Gasteiger partial charge in [0.05, 0.1) is 13.2 Å². The molecule has 0 unspecified atom stereocenters. The second-order valence-corrected chi connectivity index (χ2v) is 2.05. The lowest BCUT2D eigenvalue weighted by Crippen LogP contribution is -2.11. The number of hydrogen-bond donors (Lipinski definition) is 0. The van der Waals surface area contributed by atoms with E-state index < -0.39 is 0 Å². The van der Waals surface area contributed by atoms with Crippen LogP contribution >= 0.6 is 0 Å². The Morgan fingerprint density at radius 1 is 1.22 bits per heavy atom. The van der Waals surface area contributed by atoms with E-state index in [1.165, 1.54) is 0 Å². The third-order valence-electron chi connectivity index (χ3n) is 1.30. The van der Waals surface area contributed by atoms with Crippen LogP contribution in [-0.4, -0.2) is 19.5 Å². The van der Waals surface area contributed by atoms with E-state index in [2.05, 4.69) is 6.58 Å². The highest BCUT2D eigenvalue weighted by Crippen LogP contribution is 2.05. The molecule has 0 aliphatic carbocycles. The van der Waals surface area contributed by atoms with Gasteiger partial charge in [-0.25, -0.2) is 0 Å². The molecule has 2 heteroatoms. The van der Waals surface area contributed by atoms with Crippen molar-refractivity contribution in [3.05, 3.63) is 12.7 Å². The zero-order chi connectivity index (χ0) is 6.53. The fraction of sp³-hybridized carbons (Fsp3) is 0.714. The van der Waals surface area contributed by atoms with Gasteiger partial charge in [0.1, 0.15) is 0 Å². The van der Waals surface area contributed by atoms with E-state index in [9.17, 15) is 0 Å². The molecular weight excluding hydrogens is 116 g/mol. The average Bonchev–Trinajstić information content (AvgIpc) is 2.13. The predicted octanol–water partition coefficient (Wildman–Crippen LogP) is 1.33. The van der Waals surface area contributed by atoms with Crippen molar-refractivity contribution in [2.45, 2.75) is 19.1 Å². The van der Waals surface area contributed by atoms with Gasteiger partial charge in [0.15, 0.2) is 6.29 Å². The Kier molecular flexibility index (Phi) is 2.74. The topological polar surface area (TPSA) is 18.5 Å². The van der Waals surface area contributed by atoms with Gasteiger partial charge in [-0.05, 0) is 18.9 Å². The molecule has 52 valence electrons. The third-order valence-corrected chi connectivity index (χ3v) is 1.30. The lowest BCUT2D eigenvalue weighted by molar-refractivity contribution is -0.0922. The Labute approximate surface area is 55.5 Å². The smallest absolute Gasteiger partial charge is 0.176 e. The first-order chi connectivity index (χ1) is 4.43. The van der Waals surface area contributed by atoms with Gasteiger partial charge in [-0.1, -0.05) is 6.58 Å². The summed E-state index contributed by atoms with van der Waals surface area (Å²) in [6, 6.07) is 0. The monoisotopic (exact) mass is 128 g/mol. The van der Waals surface area contributed by atoms with Crippen LogP contribution in [0.15, 0.2) is 12.7 Å². The molecule has 0 bridgehead atoms. The molecule has 1 heterocycles. The molecule has 1 aliphatic heterocycles. The van der Waals surface area contributed by atoms with Crippen LogP contribution in [0.1, 0.15) is 12.8 Å². The van der Waals surface area contributed by atoms with Crippen LogP contribution in [0.3, 0.4) is 0 Å². The number of hydrogen-bond acceptors (Lipinski definition) is 2. The van der Waals surface area contributed by atoms with E-state index in [1.54, 1.807) is 6.08 Å². The van der Waals surface area contributed by atoms with E-state index in [4.69, 9.17) is 9.47 Å². The minimum absolute atomic E-state index is 0.160. The third kappa shape index (κ3) is 2.16. The molecule has 0 N–H and O–H groups in total. The normalized spacial score (nSPS) is 23.1. The highest BCUT2D eigenvalue weighted by atomic mass is 16.7. The first kappa shape index (κ1) is 6.78. The molecule has 2 nitrogen and oxygen atoms in total. The number of ether oxygens (including phenoxy) is 2. The Morgan fingerprint density at radius 3 is 2.22 bits per heavy atom. The lowest BCUT2D eigenvalue weighted by atomic mass is 10.3. The molecule has 0 spiro atoms. The fourth-order valence-corrected chi connectivity index (χ4v) is 0.787. The van der Waals surface area contributed by atoms with Crippen molar-refractivity contribution in [2.75, 3.05) is 13.2 Å². The maximum Gasteiger partial charge on any atom is 0.176 e. The van der Waals surface area contributed by atoms with Crippen molar-refractivity contribution in [3.63, 3.8) is 0 Å². The molecular formula is C7H12O2. The molecule has 0 aromatic carbocycles. The standard InChI is InChI=1S/C7H12O2/c1-2-7-8-5-3-4-6-9-7/h2,7H,1,3-6H2. The van der Waals surface area contributed by atoms with Gasteiger partial charge in [0, 0.05) is 0 Å². The van der Waals surface area contributed by atoms with Gasteiger partial charge in [-0.2, -0.15) is 0 Å². The summed E-state index contributed by atoms with van der Waals surface area (Å²) in [4.78, 5) is 0. The van der Waals surface area contributed by atoms with Crippen molar-refractivity contribution in [2.24, 2.45) is 0 Å². The maximum atomic E-state index is 5.21. The summed E-state index contributed by atoms with van der Waals surface area (Å²) in [6.45, 7) is 5.18. The van der Waals surface area contributed by atoms with Crippen LogP contribution < -0.4 is 0 Å². The van der Waals surface area contributed by atoms with E-state index in [1.807, 2.05) is 0 Å². The molecule has 0 aromatic heterocycles. The first-order valence-corrected chi connectivity index (χ1v) is 3.29. The molecule has 1 saturated heterocycles. The van der Waals surface area contributed by atoms with Crippen LogP contribution in [0.25, 0.3) is 0 Å². The fourth-order valence-electron chi connectivity index (χ4n) is 0.787. The van der Waals surface area contributed by atoms with Crippen LogP contribution in [0.4, 0.5) is 0 Å². The summed E-state index contributed by atoms with van der Waals surface area (Å²) in [7, 11) is 0. The molecule has 0 amide bonds. The van der Waals surface area contributed by atoms with E-state index in [-0.39, 0.29) is 6.29 Å². The zero-order valence-electron chi connectivity index (χ0n) is 5.51. The van der Waals surface area contributed by atoms with Gasteiger partial charge in [0.2, 0.25) is 0 Å². The van der Waals surface area contributed by atoms with Crippen molar-refractivity contribution in [1.29, 1.82) is 0 Å². The zero-order valence-corrected chi connectivity index (χ0v) is 5.51. The Balaban J connectivity index is 2.26. The first-order valence-electron chi connectivity index (χ1n) is 3.29. The van der Waals surface area contributed by atoms with Gasteiger partial charge < -0.3 is 9.47 Å². The van der Waals surface area contributed by atoms with Crippen LogP contribution in [0.5, 0.6) is 0 Å². The Morgan fingerprint density at radius 2 is 1.78 bits per heavy atom. The van der Waals surface area contributed by atoms with Crippen LogP contribution in [-0.2, 0) is 9.47 Å². The van der Waals surface area contributed by atoms with Crippen molar-refractivity contribution in [3.8, 4) is 0 Å². The van der Waals surface area contributed by atoms with Crippen molar-refractivity contribution >= 4 is 0 Å². The highest BCUT2D eigenvalue weighted by Gasteiger charge is 2.06. The minimum atomic E-state index is -0.160. The minimum Gasteiger partial charge on any atom is -0.349 e. The van der Waals surface area contributed by atoms with Crippen molar-refractivity contribution < 1.29 is 9.47 Å². The molecule has 1 aliphatic rings. The highest BCUT2D eigenvalue weighted by molar-refractivity contribution is 4.72. The summed E-state index contributed by atoms with van der Waals surface area (Å²) >= 11 is 0. The van der Waals surface area contributed by atoms with E-state index >= 15 is 0 Å². The molecule has 9 heavy (non-hydrogen) atoms. The Hall–Kier alpha value is -0.340. The van der Waals surface area contributed by atoms with E-state index in [0.717, 1.165) is 26.1 Å². The quantitative estimate of drug-likeness (QED) is 0.496. The van der Waals surface area contributed by atoms with Crippen LogP contribution in [0, 0.1) is 0 Å². The SMILES string of the molecule is C=CC1OCCCCO1. The predicted molar refractivity (Wildman–Crippen MR) is 35.1 cm³/mol. The van der Waals surface area contributed by atoms with Gasteiger partial charge >= 0.3 is 0 Å². The lowest BCUT2D eigenvalue weighted by Gasteiger charge is -2.08. The second-order valence-electron chi connectivity index (χ2n) is 2.05. The molecule has 1 rings (SSSR count). The molecule has 0 radical (unpaired) electrons. The van der Waals surface area contributed by atoms with Gasteiger partial charge in [0.25, 0.3) is 0 Å². The van der Waals surface area contributed by atoms with Crippen LogP contribution in [0.2, 0.25) is 0 Å². The average molecular weight is 128 g/mol. The largest absolute Gasteiger partial charge is 0.349 e. The summed E-state index contributed by atoms with van der Waals surface area (Å²) in [6.07, 6.45) is 3.73.